The number of hydrogen-bond acceptors (Lipinski definition) is 8. The molecule has 0 aliphatic rings. The van der Waals surface area contributed by atoms with E-state index in [-0.39, 0.29) is 16.7 Å². The van der Waals surface area contributed by atoms with Crippen molar-refractivity contribution in [1.29, 1.82) is 0 Å². The molecule has 4 rings (SSSR count). The lowest BCUT2D eigenvalue weighted by Crippen LogP contribution is -2.16. The number of halogens is 3. The highest BCUT2D eigenvalue weighted by Gasteiger charge is 2.27. The van der Waals surface area contributed by atoms with Crippen LogP contribution in [0.1, 0.15) is 32.2 Å². The Morgan fingerprint density at radius 1 is 1.05 bits per heavy atom. The lowest BCUT2D eigenvalue weighted by atomic mass is 9.98. The second-order valence-corrected chi connectivity index (χ2v) is 12.5. The minimum Gasteiger partial charge on any atom is -0.385 e. The van der Waals surface area contributed by atoms with Gasteiger partial charge in [0.15, 0.2) is 5.82 Å². The van der Waals surface area contributed by atoms with Crippen LogP contribution in [0, 0.1) is 17.5 Å². The summed E-state index contributed by atoms with van der Waals surface area (Å²) in [6.45, 7) is 7.07. The molecular weight excluding hydrogens is 563 g/mol. The Morgan fingerprint density at radius 3 is 2.55 bits per heavy atom. The van der Waals surface area contributed by atoms with Crippen LogP contribution in [0.5, 0.6) is 0 Å². The molecular formula is C27H28F3N5O3S2. The van der Waals surface area contributed by atoms with Gasteiger partial charge in [0.25, 0.3) is 10.0 Å². The number of sulfonamides is 1. The normalized spacial score (nSPS) is 12.0. The molecule has 0 aliphatic heterocycles. The topological polar surface area (TPSA) is 106 Å². The number of methoxy groups -OCH3 is 1. The van der Waals surface area contributed by atoms with Crippen molar-refractivity contribution in [1.82, 2.24) is 15.0 Å². The standard InChI is InChI=1S/C27H28F3N5O3S2/c1-27(2,3)25-34-23(24(39-25)20-11-13-32-26(33-20)31-12-6-14-38-4)17-7-5-8-19(22(17)30)35-40(36,37)21-15-16(28)9-10-18(21)29/h5,7-11,13,15,35H,6,12,14H2,1-4H3,(H,31,32,33). The van der Waals surface area contributed by atoms with Crippen LogP contribution in [-0.4, -0.2) is 43.6 Å². The fourth-order valence-electron chi connectivity index (χ4n) is 3.66. The SMILES string of the molecule is COCCCNc1nccc(-c2sc(C(C)(C)C)nc2-c2cccc(NS(=O)(=O)c3cc(F)ccc3F)c2F)n1. The number of benzene rings is 2. The maximum Gasteiger partial charge on any atom is 0.265 e. The number of aromatic nitrogens is 3. The first kappa shape index (κ1) is 29.4. The smallest absolute Gasteiger partial charge is 0.265 e. The van der Waals surface area contributed by atoms with Crippen LogP contribution in [0.25, 0.3) is 21.8 Å². The largest absolute Gasteiger partial charge is 0.385 e. The Labute approximate surface area is 234 Å². The molecule has 2 heterocycles. The predicted molar refractivity (Wildman–Crippen MR) is 149 cm³/mol. The van der Waals surface area contributed by atoms with Crippen LogP contribution in [0.4, 0.5) is 24.8 Å². The van der Waals surface area contributed by atoms with E-state index >= 15 is 4.39 Å². The molecule has 0 saturated heterocycles. The zero-order valence-corrected chi connectivity index (χ0v) is 23.9. The third-order valence-electron chi connectivity index (χ3n) is 5.65. The van der Waals surface area contributed by atoms with E-state index in [9.17, 15) is 17.2 Å². The number of anilines is 2. The van der Waals surface area contributed by atoms with Crippen LogP contribution in [0.2, 0.25) is 0 Å². The molecule has 0 spiro atoms. The van der Waals surface area contributed by atoms with Crippen LogP contribution >= 0.6 is 11.3 Å². The van der Waals surface area contributed by atoms with Gasteiger partial charge in [-0.1, -0.05) is 26.8 Å². The maximum atomic E-state index is 15.9. The number of nitrogens with zero attached hydrogens (tertiary/aromatic N) is 3. The number of nitrogens with one attached hydrogen (secondary N) is 2. The summed E-state index contributed by atoms with van der Waals surface area (Å²) >= 11 is 1.34. The van der Waals surface area contributed by atoms with Crippen molar-refractivity contribution in [3.05, 3.63) is 71.1 Å². The molecule has 0 radical (unpaired) electrons. The summed E-state index contributed by atoms with van der Waals surface area (Å²) in [6.07, 6.45) is 2.33. The monoisotopic (exact) mass is 591 g/mol. The van der Waals surface area contributed by atoms with Gasteiger partial charge in [-0.3, -0.25) is 4.72 Å². The van der Waals surface area contributed by atoms with Gasteiger partial charge < -0.3 is 10.1 Å². The fourth-order valence-corrected chi connectivity index (χ4v) is 5.92. The first-order valence-electron chi connectivity index (χ1n) is 12.2. The summed E-state index contributed by atoms with van der Waals surface area (Å²) in [5, 5.41) is 3.84. The Kier molecular flexibility index (Phi) is 8.76. The highest BCUT2D eigenvalue weighted by Crippen LogP contribution is 2.42. The summed E-state index contributed by atoms with van der Waals surface area (Å²) < 4.78 is 76.5. The Bertz CT molecular complexity index is 1620. The van der Waals surface area contributed by atoms with E-state index in [1.165, 1.54) is 29.5 Å². The molecule has 0 aliphatic carbocycles. The third kappa shape index (κ3) is 6.60. The van der Waals surface area contributed by atoms with E-state index in [2.05, 4.69) is 15.3 Å². The molecule has 2 N–H and O–H groups in total. The first-order chi connectivity index (χ1) is 18.9. The van der Waals surface area contributed by atoms with Gasteiger partial charge in [-0.25, -0.2) is 36.5 Å². The summed E-state index contributed by atoms with van der Waals surface area (Å²) in [5.41, 5.74) is -0.0550. The fraction of sp³-hybridized carbons (Fsp3) is 0.296. The van der Waals surface area contributed by atoms with Crippen LogP contribution < -0.4 is 10.0 Å². The summed E-state index contributed by atoms with van der Waals surface area (Å²) in [5.74, 6) is -2.67. The van der Waals surface area contributed by atoms with E-state index in [0.717, 1.165) is 12.5 Å². The highest BCUT2D eigenvalue weighted by atomic mass is 32.2. The van der Waals surface area contributed by atoms with Gasteiger partial charge in [0.2, 0.25) is 5.95 Å². The summed E-state index contributed by atoms with van der Waals surface area (Å²) in [7, 11) is -3.03. The van der Waals surface area contributed by atoms with Gasteiger partial charge in [0.1, 0.15) is 16.5 Å². The molecule has 40 heavy (non-hydrogen) atoms. The molecule has 0 fully saturated rings. The molecule has 0 amide bonds. The third-order valence-corrected chi connectivity index (χ3v) is 8.53. The van der Waals surface area contributed by atoms with Gasteiger partial charge >= 0.3 is 0 Å². The number of rotatable bonds is 10. The van der Waals surface area contributed by atoms with E-state index in [1.54, 1.807) is 19.4 Å². The molecule has 2 aromatic heterocycles. The molecule has 4 aromatic rings. The van der Waals surface area contributed by atoms with Gasteiger partial charge in [0.05, 0.1) is 27.0 Å². The van der Waals surface area contributed by atoms with Crippen molar-refractivity contribution in [2.75, 3.05) is 30.3 Å². The Balaban J connectivity index is 1.76. The predicted octanol–water partition coefficient (Wildman–Crippen LogP) is 6.23. The molecule has 0 saturated carbocycles. The van der Waals surface area contributed by atoms with Gasteiger partial charge in [0, 0.05) is 37.4 Å². The zero-order chi connectivity index (χ0) is 29.1. The minimum absolute atomic E-state index is 0.00915. The van der Waals surface area contributed by atoms with Crippen molar-refractivity contribution >= 4 is 33.0 Å². The number of thiazole rings is 1. The van der Waals surface area contributed by atoms with Gasteiger partial charge in [-0.15, -0.1) is 11.3 Å². The molecule has 0 unspecified atom stereocenters. The Hall–Kier alpha value is -3.55. The van der Waals surface area contributed by atoms with E-state index in [4.69, 9.17) is 9.72 Å². The number of hydrogen-bond donors (Lipinski definition) is 2. The van der Waals surface area contributed by atoms with Crippen molar-refractivity contribution in [3.8, 4) is 21.8 Å². The van der Waals surface area contributed by atoms with Crippen molar-refractivity contribution in [2.24, 2.45) is 0 Å². The average molecular weight is 592 g/mol. The van der Waals surface area contributed by atoms with Crippen LogP contribution in [0.15, 0.2) is 53.6 Å². The van der Waals surface area contributed by atoms with Gasteiger partial charge in [-0.05, 0) is 42.8 Å². The molecule has 212 valence electrons. The maximum absolute atomic E-state index is 15.9. The van der Waals surface area contributed by atoms with E-state index < -0.39 is 38.1 Å². The molecule has 0 atom stereocenters. The second-order valence-electron chi connectivity index (χ2n) is 9.83. The Morgan fingerprint density at radius 2 is 1.82 bits per heavy atom. The molecule has 2 aromatic carbocycles. The molecule has 13 heteroatoms. The minimum atomic E-state index is -4.65. The van der Waals surface area contributed by atoms with E-state index in [0.29, 0.717) is 46.8 Å². The first-order valence-corrected chi connectivity index (χ1v) is 14.5. The van der Waals surface area contributed by atoms with Crippen LogP contribution in [0.3, 0.4) is 0 Å². The molecule has 0 bridgehead atoms. The van der Waals surface area contributed by atoms with E-state index in [1.807, 2.05) is 25.5 Å². The lowest BCUT2D eigenvalue weighted by molar-refractivity contribution is 0.197. The summed E-state index contributed by atoms with van der Waals surface area (Å²) in [4.78, 5) is 13.2. The van der Waals surface area contributed by atoms with Gasteiger partial charge in [-0.2, -0.15) is 0 Å². The lowest BCUT2D eigenvalue weighted by Gasteiger charge is -2.14. The quantitative estimate of drug-likeness (QED) is 0.211. The second kappa shape index (κ2) is 11.9. The van der Waals surface area contributed by atoms with Crippen LogP contribution in [-0.2, 0) is 20.2 Å². The van der Waals surface area contributed by atoms with Crippen molar-refractivity contribution < 1.29 is 26.3 Å². The zero-order valence-electron chi connectivity index (χ0n) is 22.3. The highest BCUT2D eigenvalue weighted by molar-refractivity contribution is 7.92. The molecule has 8 nitrogen and oxygen atoms in total. The number of ether oxygens (including phenoxy) is 1. The van der Waals surface area contributed by atoms with Crippen molar-refractivity contribution in [3.63, 3.8) is 0 Å². The summed E-state index contributed by atoms with van der Waals surface area (Å²) in [6, 6.07) is 7.79. The average Bonchev–Trinajstić information content (AvgIpc) is 3.35. The van der Waals surface area contributed by atoms with Crippen molar-refractivity contribution in [2.45, 2.75) is 37.5 Å².